The van der Waals surface area contributed by atoms with Crippen LogP contribution in [0.3, 0.4) is 0 Å². The minimum atomic E-state index is 0.386. The second-order valence-corrected chi connectivity index (χ2v) is 2.62. The van der Waals surface area contributed by atoms with Crippen LogP contribution >= 0.6 is 11.6 Å². The highest BCUT2D eigenvalue weighted by Gasteiger charge is 1.95. The van der Waals surface area contributed by atoms with Crippen LogP contribution < -0.4 is 5.43 Å². The number of aromatic nitrogens is 2. The molecule has 0 amide bonds. The topological polar surface area (TPSA) is 41.0 Å². The number of halogens is 1. The molecule has 1 N–H and O–H groups in total. The third-order valence-electron chi connectivity index (χ3n) is 0.943. The number of rotatable bonds is 2. The molecule has 60 valence electrons. The van der Waals surface area contributed by atoms with Gasteiger partial charge in [0, 0.05) is 14.1 Å². The van der Waals surface area contributed by atoms with E-state index in [9.17, 15) is 0 Å². The highest BCUT2D eigenvalue weighted by molar-refractivity contribution is 6.29. The normalized spacial score (nSPS) is 10.2. The summed E-state index contributed by atoms with van der Waals surface area (Å²) in [4.78, 5) is 7.82. The van der Waals surface area contributed by atoms with Crippen LogP contribution in [0.4, 0.5) is 5.82 Å². The van der Waals surface area contributed by atoms with E-state index in [4.69, 9.17) is 11.6 Å². The van der Waals surface area contributed by atoms with Crippen LogP contribution in [0.1, 0.15) is 0 Å². The van der Waals surface area contributed by atoms with Gasteiger partial charge in [-0.05, 0) is 0 Å². The van der Waals surface area contributed by atoms with Crippen molar-refractivity contribution in [2.75, 3.05) is 19.5 Å². The van der Waals surface area contributed by atoms with E-state index in [0.29, 0.717) is 11.0 Å². The molecule has 5 heteroatoms. The van der Waals surface area contributed by atoms with Crippen molar-refractivity contribution >= 4 is 17.4 Å². The first-order chi connectivity index (χ1) is 5.18. The second-order valence-electron chi connectivity index (χ2n) is 2.23. The molecule has 0 bridgehead atoms. The van der Waals surface area contributed by atoms with Crippen LogP contribution in [0.5, 0.6) is 0 Å². The SMILES string of the molecule is CN(C)Nc1cncc(Cl)n1. The molecule has 0 fully saturated rings. The van der Waals surface area contributed by atoms with Gasteiger partial charge in [0.05, 0.1) is 12.4 Å². The molecule has 0 aromatic carbocycles. The smallest absolute Gasteiger partial charge is 0.160 e. The maximum absolute atomic E-state index is 5.60. The van der Waals surface area contributed by atoms with E-state index in [0.717, 1.165) is 0 Å². The number of nitrogens with zero attached hydrogens (tertiary/aromatic N) is 3. The maximum Gasteiger partial charge on any atom is 0.160 e. The van der Waals surface area contributed by atoms with Crippen molar-refractivity contribution in [1.82, 2.24) is 15.0 Å². The Bertz CT molecular complexity index is 238. The van der Waals surface area contributed by atoms with E-state index in [1.54, 1.807) is 11.2 Å². The first kappa shape index (κ1) is 8.23. The predicted octanol–water partition coefficient (Wildman–Crippen LogP) is 1.02. The average molecular weight is 173 g/mol. The van der Waals surface area contributed by atoms with E-state index >= 15 is 0 Å². The lowest BCUT2D eigenvalue weighted by atomic mass is 10.7. The summed E-state index contributed by atoms with van der Waals surface area (Å²) in [6.07, 6.45) is 3.09. The minimum Gasteiger partial charge on any atom is -0.302 e. The molecule has 0 aliphatic rings. The number of hydrogen-bond donors (Lipinski definition) is 1. The van der Waals surface area contributed by atoms with Crippen molar-refractivity contribution in [3.63, 3.8) is 0 Å². The molecule has 4 nitrogen and oxygen atoms in total. The Hall–Kier alpha value is -0.870. The molecule has 1 aromatic rings. The van der Waals surface area contributed by atoms with Gasteiger partial charge in [-0.1, -0.05) is 11.6 Å². The van der Waals surface area contributed by atoms with Crippen molar-refractivity contribution < 1.29 is 0 Å². The zero-order valence-corrected chi connectivity index (χ0v) is 7.13. The zero-order chi connectivity index (χ0) is 8.27. The summed E-state index contributed by atoms with van der Waals surface area (Å²) in [6, 6.07) is 0. The molecule has 0 atom stereocenters. The van der Waals surface area contributed by atoms with Gasteiger partial charge < -0.3 is 5.43 Å². The molecule has 0 saturated heterocycles. The van der Waals surface area contributed by atoms with Crippen LogP contribution in [-0.4, -0.2) is 29.1 Å². The Morgan fingerprint density at radius 1 is 1.45 bits per heavy atom. The first-order valence-corrected chi connectivity index (χ1v) is 3.48. The standard InChI is InChI=1S/C6H9ClN4/c1-11(2)10-6-4-8-3-5(7)9-6/h3-4H,1-2H3,(H,9,10). The third-order valence-corrected chi connectivity index (χ3v) is 1.13. The van der Waals surface area contributed by atoms with Crippen molar-refractivity contribution in [2.24, 2.45) is 0 Å². The van der Waals surface area contributed by atoms with Gasteiger partial charge in [0.15, 0.2) is 5.82 Å². The van der Waals surface area contributed by atoms with Gasteiger partial charge in [0.1, 0.15) is 5.15 Å². The summed E-state index contributed by atoms with van der Waals surface area (Å²) >= 11 is 5.60. The summed E-state index contributed by atoms with van der Waals surface area (Å²) in [5, 5.41) is 2.15. The fraction of sp³-hybridized carbons (Fsp3) is 0.333. The van der Waals surface area contributed by atoms with Crippen LogP contribution in [0.25, 0.3) is 0 Å². The summed E-state index contributed by atoms with van der Waals surface area (Å²) in [6.45, 7) is 0. The molecular formula is C6H9ClN4. The Morgan fingerprint density at radius 2 is 2.18 bits per heavy atom. The molecule has 1 rings (SSSR count). The zero-order valence-electron chi connectivity index (χ0n) is 6.37. The molecule has 0 spiro atoms. The quantitative estimate of drug-likeness (QED) is 0.677. The van der Waals surface area contributed by atoms with Crippen molar-refractivity contribution in [3.05, 3.63) is 17.5 Å². The Morgan fingerprint density at radius 3 is 2.73 bits per heavy atom. The summed E-state index contributed by atoms with van der Waals surface area (Å²) in [5.41, 5.74) is 2.92. The van der Waals surface area contributed by atoms with E-state index in [1.165, 1.54) is 6.20 Å². The number of hydrogen-bond acceptors (Lipinski definition) is 4. The Kier molecular flexibility index (Phi) is 2.62. The molecule has 0 aliphatic heterocycles. The van der Waals surface area contributed by atoms with E-state index in [1.807, 2.05) is 14.1 Å². The third kappa shape index (κ3) is 2.69. The first-order valence-electron chi connectivity index (χ1n) is 3.10. The number of anilines is 1. The number of hydrazine groups is 1. The van der Waals surface area contributed by atoms with Gasteiger partial charge in [-0.15, -0.1) is 0 Å². The molecule has 1 heterocycles. The molecular weight excluding hydrogens is 164 g/mol. The molecule has 0 saturated carbocycles. The van der Waals surface area contributed by atoms with Crippen LogP contribution in [-0.2, 0) is 0 Å². The Labute approximate surface area is 70.2 Å². The van der Waals surface area contributed by atoms with Crippen molar-refractivity contribution in [2.45, 2.75) is 0 Å². The lowest BCUT2D eigenvalue weighted by Crippen LogP contribution is -2.20. The van der Waals surface area contributed by atoms with Gasteiger partial charge in [0.2, 0.25) is 0 Å². The minimum absolute atomic E-state index is 0.386. The predicted molar refractivity (Wildman–Crippen MR) is 44.4 cm³/mol. The molecule has 0 unspecified atom stereocenters. The lowest BCUT2D eigenvalue weighted by molar-refractivity contribution is 0.492. The molecule has 1 aromatic heterocycles. The van der Waals surface area contributed by atoms with Crippen LogP contribution in [0, 0.1) is 0 Å². The summed E-state index contributed by atoms with van der Waals surface area (Å²) < 4.78 is 0. The van der Waals surface area contributed by atoms with Gasteiger partial charge in [-0.3, -0.25) is 4.98 Å². The van der Waals surface area contributed by atoms with Gasteiger partial charge in [-0.2, -0.15) is 0 Å². The molecule has 0 radical (unpaired) electrons. The molecule has 0 aliphatic carbocycles. The maximum atomic E-state index is 5.60. The highest BCUT2D eigenvalue weighted by Crippen LogP contribution is 2.05. The monoisotopic (exact) mass is 172 g/mol. The molecule has 11 heavy (non-hydrogen) atoms. The van der Waals surface area contributed by atoms with Gasteiger partial charge >= 0.3 is 0 Å². The average Bonchev–Trinajstić information content (AvgIpc) is 1.85. The summed E-state index contributed by atoms with van der Waals surface area (Å²) in [7, 11) is 3.73. The highest BCUT2D eigenvalue weighted by atomic mass is 35.5. The lowest BCUT2D eigenvalue weighted by Gasteiger charge is -2.11. The fourth-order valence-corrected chi connectivity index (χ4v) is 0.773. The van der Waals surface area contributed by atoms with E-state index in [-0.39, 0.29) is 0 Å². The Balaban J connectivity index is 2.71. The van der Waals surface area contributed by atoms with Crippen LogP contribution in [0.15, 0.2) is 12.4 Å². The fourth-order valence-electron chi connectivity index (χ4n) is 0.625. The number of nitrogens with one attached hydrogen (secondary N) is 1. The largest absolute Gasteiger partial charge is 0.302 e. The van der Waals surface area contributed by atoms with Crippen LogP contribution in [0.2, 0.25) is 5.15 Å². The summed E-state index contributed by atoms with van der Waals surface area (Å²) in [5.74, 6) is 0.641. The van der Waals surface area contributed by atoms with Gasteiger partial charge in [-0.25, -0.2) is 9.99 Å². The van der Waals surface area contributed by atoms with Crippen molar-refractivity contribution in [1.29, 1.82) is 0 Å². The van der Waals surface area contributed by atoms with Crippen molar-refractivity contribution in [3.8, 4) is 0 Å². The van der Waals surface area contributed by atoms with E-state index < -0.39 is 0 Å². The van der Waals surface area contributed by atoms with E-state index in [2.05, 4.69) is 15.4 Å². The second kappa shape index (κ2) is 3.50. The van der Waals surface area contributed by atoms with Gasteiger partial charge in [0.25, 0.3) is 0 Å².